The van der Waals surface area contributed by atoms with Gasteiger partial charge in [-0.1, -0.05) is 44.2 Å². The van der Waals surface area contributed by atoms with Gasteiger partial charge in [-0.05, 0) is 45.1 Å². The fourth-order valence-electron chi connectivity index (χ4n) is 4.03. The molecule has 2 rings (SSSR count). The van der Waals surface area contributed by atoms with Crippen molar-refractivity contribution in [1.29, 1.82) is 0 Å². The van der Waals surface area contributed by atoms with Gasteiger partial charge >= 0.3 is 6.09 Å². The highest BCUT2D eigenvalue weighted by Crippen LogP contribution is 2.29. The minimum Gasteiger partial charge on any atom is -0.444 e. The Labute approximate surface area is 153 Å². The predicted molar refractivity (Wildman–Crippen MR) is 102 cm³/mol. The molecule has 0 radical (unpaired) electrons. The van der Waals surface area contributed by atoms with Gasteiger partial charge in [0, 0.05) is 32.2 Å². The maximum absolute atomic E-state index is 12.6. The number of nitrogens with zero attached hydrogens (tertiary/aromatic N) is 2. The van der Waals surface area contributed by atoms with Crippen LogP contribution in [0.15, 0.2) is 30.3 Å². The van der Waals surface area contributed by atoms with Crippen LogP contribution >= 0.6 is 0 Å². The van der Waals surface area contributed by atoms with Crippen molar-refractivity contribution in [3.63, 3.8) is 0 Å². The molecular formula is C21H34N2O2. The Kier molecular flexibility index (Phi) is 6.50. The van der Waals surface area contributed by atoms with Gasteiger partial charge in [-0.2, -0.15) is 0 Å². The summed E-state index contributed by atoms with van der Waals surface area (Å²) in [5.41, 5.74) is 0.894. The molecule has 0 N–H and O–H groups in total. The lowest BCUT2D eigenvalue weighted by Gasteiger charge is -2.46. The Bertz CT molecular complexity index is 541. The van der Waals surface area contributed by atoms with Crippen molar-refractivity contribution in [3.05, 3.63) is 35.9 Å². The zero-order valence-electron chi connectivity index (χ0n) is 16.7. The largest absolute Gasteiger partial charge is 0.444 e. The van der Waals surface area contributed by atoms with Crippen molar-refractivity contribution in [3.8, 4) is 0 Å². The van der Waals surface area contributed by atoms with Gasteiger partial charge in [-0.25, -0.2) is 4.79 Å². The van der Waals surface area contributed by atoms with Crippen LogP contribution in [0.5, 0.6) is 0 Å². The average Bonchev–Trinajstić information content (AvgIpc) is 2.50. The minimum absolute atomic E-state index is 0.185. The molecule has 1 aliphatic rings. The number of benzene rings is 1. The number of amides is 1. The van der Waals surface area contributed by atoms with E-state index in [1.165, 1.54) is 5.56 Å². The number of hydrogen-bond donors (Lipinski definition) is 0. The second kappa shape index (κ2) is 8.22. The van der Waals surface area contributed by atoms with E-state index in [0.29, 0.717) is 18.4 Å². The smallest absolute Gasteiger partial charge is 0.410 e. The molecule has 1 amide bonds. The second-order valence-corrected chi connectivity index (χ2v) is 8.39. The lowest BCUT2D eigenvalue weighted by atomic mass is 9.84. The summed E-state index contributed by atoms with van der Waals surface area (Å²) in [7, 11) is 0. The van der Waals surface area contributed by atoms with Gasteiger partial charge in [-0.15, -0.1) is 0 Å². The third-order valence-corrected chi connectivity index (χ3v) is 4.84. The van der Waals surface area contributed by atoms with Crippen LogP contribution in [0, 0.1) is 11.8 Å². The first-order valence-electron chi connectivity index (χ1n) is 9.47. The molecule has 0 aliphatic carbocycles. The van der Waals surface area contributed by atoms with Crippen molar-refractivity contribution < 1.29 is 9.53 Å². The Morgan fingerprint density at radius 3 is 2.20 bits per heavy atom. The van der Waals surface area contributed by atoms with Gasteiger partial charge in [0.25, 0.3) is 0 Å². The van der Waals surface area contributed by atoms with E-state index >= 15 is 0 Å². The molecule has 2 unspecified atom stereocenters. The van der Waals surface area contributed by atoms with Gasteiger partial charge < -0.3 is 9.64 Å². The van der Waals surface area contributed by atoms with E-state index in [9.17, 15) is 4.79 Å². The van der Waals surface area contributed by atoms with Crippen LogP contribution in [0.4, 0.5) is 4.79 Å². The highest BCUT2D eigenvalue weighted by molar-refractivity contribution is 5.68. The van der Waals surface area contributed by atoms with E-state index in [0.717, 1.165) is 19.6 Å². The molecule has 0 bridgehead atoms. The molecule has 0 spiro atoms. The Hall–Kier alpha value is -1.55. The Morgan fingerprint density at radius 2 is 1.72 bits per heavy atom. The Balaban J connectivity index is 2.04. The highest BCUT2D eigenvalue weighted by Gasteiger charge is 2.38. The number of rotatable bonds is 4. The first-order chi connectivity index (χ1) is 11.7. The standard InChI is InChI=1S/C21H34N2O2/c1-7-23(20(24)25-21(4,5)6)19-16(2)13-22(14-17(19)3)15-18-11-9-8-10-12-18/h8-12,16-17,19H,7,13-15H2,1-6H3. The van der Waals surface area contributed by atoms with Gasteiger partial charge in [0.05, 0.1) is 0 Å². The summed E-state index contributed by atoms with van der Waals surface area (Å²) >= 11 is 0. The van der Waals surface area contributed by atoms with E-state index in [1.54, 1.807) is 0 Å². The van der Waals surface area contributed by atoms with Gasteiger partial charge in [0.15, 0.2) is 0 Å². The fraction of sp³-hybridized carbons (Fsp3) is 0.667. The maximum atomic E-state index is 12.6. The molecule has 2 atom stereocenters. The van der Waals surface area contributed by atoms with Crippen LogP contribution < -0.4 is 0 Å². The minimum atomic E-state index is -0.453. The summed E-state index contributed by atoms with van der Waals surface area (Å²) in [5.74, 6) is 0.833. The van der Waals surface area contributed by atoms with Crippen molar-refractivity contribution in [2.24, 2.45) is 11.8 Å². The van der Waals surface area contributed by atoms with E-state index in [4.69, 9.17) is 4.74 Å². The van der Waals surface area contributed by atoms with E-state index in [1.807, 2.05) is 32.6 Å². The lowest BCUT2D eigenvalue weighted by molar-refractivity contribution is -0.0160. The first-order valence-corrected chi connectivity index (χ1v) is 9.47. The van der Waals surface area contributed by atoms with Gasteiger partial charge in [0.1, 0.15) is 5.60 Å². The van der Waals surface area contributed by atoms with E-state index < -0.39 is 5.60 Å². The quantitative estimate of drug-likeness (QED) is 0.810. The number of carbonyl (C=O) groups excluding carboxylic acids is 1. The average molecular weight is 347 g/mol. The maximum Gasteiger partial charge on any atom is 0.410 e. The van der Waals surface area contributed by atoms with Crippen molar-refractivity contribution in [2.45, 2.75) is 59.7 Å². The molecule has 140 valence electrons. The van der Waals surface area contributed by atoms with E-state index in [-0.39, 0.29) is 12.1 Å². The summed E-state index contributed by atoms with van der Waals surface area (Å²) in [6, 6.07) is 10.8. The zero-order valence-corrected chi connectivity index (χ0v) is 16.7. The van der Waals surface area contributed by atoms with Crippen LogP contribution in [-0.4, -0.2) is 47.2 Å². The van der Waals surface area contributed by atoms with Crippen LogP contribution in [0.25, 0.3) is 0 Å². The molecule has 0 aromatic heterocycles. The number of carbonyl (C=O) groups is 1. The SMILES string of the molecule is CCN(C(=O)OC(C)(C)C)C1C(C)CN(Cc2ccccc2)CC1C. The molecule has 1 aromatic rings. The summed E-state index contributed by atoms with van der Waals surface area (Å²) < 4.78 is 5.64. The third kappa shape index (κ3) is 5.46. The normalized spacial score (nSPS) is 24.8. The molecule has 0 saturated carbocycles. The molecule has 4 nitrogen and oxygen atoms in total. The molecule has 1 aliphatic heterocycles. The molecule has 25 heavy (non-hydrogen) atoms. The van der Waals surface area contributed by atoms with Crippen LogP contribution in [0.2, 0.25) is 0 Å². The fourth-order valence-corrected chi connectivity index (χ4v) is 4.03. The number of ether oxygens (including phenoxy) is 1. The monoisotopic (exact) mass is 346 g/mol. The highest BCUT2D eigenvalue weighted by atomic mass is 16.6. The predicted octanol–water partition coefficient (Wildman–Crippen LogP) is 4.40. The molecule has 1 aromatic carbocycles. The summed E-state index contributed by atoms with van der Waals surface area (Å²) in [4.78, 5) is 17.1. The summed E-state index contributed by atoms with van der Waals surface area (Å²) in [6.07, 6.45) is -0.185. The number of likely N-dealkylation sites (tertiary alicyclic amines) is 1. The molecule has 1 fully saturated rings. The number of hydrogen-bond acceptors (Lipinski definition) is 3. The third-order valence-electron chi connectivity index (χ3n) is 4.84. The summed E-state index contributed by atoms with van der Waals surface area (Å²) in [5, 5.41) is 0. The number of piperidine rings is 1. The van der Waals surface area contributed by atoms with Gasteiger partial charge in [-0.3, -0.25) is 4.90 Å². The Morgan fingerprint density at radius 1 is 1.16 bits per heavy atom. The summed E-state index contributed by atoms with van der Waals surface area (Å²) in [6.45, 7) is 16.0. The molecule has 1 saturated heterocycles. The first kappa shape index (κ1) is 19.8. The topological polar surface area (TPSA) is 32.8 Å². The van der Waals surface area contributed by atoms with E-state index in [2.05, 4.69) is 49.1 Å². The molecule has 1 heterocycles. The zero-order chi connectivity index (χ0) is 18.6. The lowest BCUT2D eigenvalue weighted by Crippen LogP contribution is -2.56. The molecular weight excluding hydrogens is 312 g/mol. The van der Waals surface area contributed by atoms with Crippen LogP contribution in [0.3, 0.4) is 0 Å². The van der Waals surface area contributed by atoms with Crippen LogP contribution in [-0.2, 0) is 11.3 Å². The van der Waals surface area contributed by atoms with Crippen molar-refractivity contribution in [2.75, 3.05) is 19.6 Å². The van der Waals surface area contributed by atoms with Crippen molar-refractivity contribution >= 4 is 6.09 Å². The van der Waals surface area contributed by atoms with Gasteiger partial charge in [0.2, 0.25) is 0 Å². The van der Waals surface area contributed by atoms with Crippen molar-refractivity contribution in [1.82, 2.24) is 9.80 Å². The second-order valence-electron chi connectivity index (χ2n) is 8.39. The van der Waals surface area contributed by atoms with Crippen LogP contribution in [0.1, 0.15) is 47.1 Å². The molecule has 4 heteroatoms.